The number of hydrogen-bond acceptors (Lipinski definition) is 14. The highest BCUT2D eigenvalue weighted by Gasteiger charge is 2.45. The molecule has 4 fully saturated rings. The summed E-state index contributed by atoms with van der Waals surface area (Å²) < 4.78 is 0. The third-order valence-corrected chi connectivity index (χ3v) is 14.6. The van der Waals surface area contributed by atoms with Crippen molar-refractivity contribution in [3.63, 3.8) is 0 Å². The summed E-state index contributed by atoms with van der Waals surface area (Å²) >= 11 is 0. The number of fused-ring (bicyclic) bond motifs is 2. The van der Waals surface area contributed by atoms with Crippen molar-refractivity contribution in [2.24, 2.45) is 22.2 Å². The van der Waals surface area contributed by atoms with E-state index < -0.39 is 102 Å². The quantitative estimate of drug-likeness (QED) is 0.0559. The molecule has 0 saturated carbocycles. The summed E-state index contributed by atoms with van der Waals surface area (Å²) in [6.45, 7) is 6.07. The number of nitrogens with zero attached hydrogens (tertiary/aromatic N) is 5. The van der Waals surface area contributed by atoms with Gasteiger partial charge < -0.3 is 78.7 Å². The molecule has 0 radical (unpaired) electrons. The molecular weight excluding hydrogens is 991 g/mol. The van der Waals surface area contributed by atoms with Crippen LogP contribution >= 0.6 is 0 Å². The second-order valence-corrected chi connectivity index (χ2v) is 20.5. The fourth-order valence-corrected chi connectivity index (χ4v) is 10.3. The van der Waals surface area contributed by atoms with Gasteiger partial charge >= 0.3 is 0 Å². The molecule has 0 bridgehead atoms. The summed E-state index contributed by atoms with van der Waals surface area (Å²) in [4.78, 5) is 110. The number of phenolic OH excluding ortho intramolecular Hbond substituents is 1. The van der Waals surface area contributed by atoms with Gasteiger partial charge in [0, 0.05) is 75.2 Å². The highest BCUT2D eigenvalue weighted by Crippen LogP contribution is 2.25. The van der Waals surface area contributed by atoms with Gasteiger partial charge in [0.2, 0.25) is 35.7 Å². The second-order valence-electron chi connectivity index (χ2n) is 20.5. The third kappa shape index (κ3) is 15.1. The zero-order chi connectivity index (χ0) is 55.3. The lowest BCUT2D eigenvalue weighted by Gasteiger charge is -2.37. The number of unbranched alkanes of at least 4 members (excludes halogenated alkanes) is 2. The number of nitrogens with one attached hydrogen (secondary N) is 5. The first-order chi connectivity index (χ1) is 36.9. The van der Waals surface area contributed by atoms with Crippen LogP contribution in [0.3, 0.4) is 0 Å². The zero-order valence-corrected chi connectivity index (χ0v) is 43.8. The Kier molecular flexibility index (Phi) is 19.7. The summed E-state index contributed by atoms with van der Waals surface area (Å²) in [6, 6.07) is 14.3. The highest BCUT2D eigenvalue weighted by molar-refractivity contribution is 6.00. The van der Waals surface area contributed by atoms with Crippen LogP contribution in [0.25, 0.3) is 0 Å². The van der Waals surface area contributed by atoms with Crippen LogP contribution < -0.4 is 53.6 Å². The predicted molar refractivity (Wildman–Crippen MR) is 288 cm³/mol. The molecule has 3 aromatic rings. The summed E-state index contributed by atoms with van der Waals surface area (Å²) in [5.41, 5.74) is 22.1. The van der Waals surface area contributed by atoms with E-state index in [-0.39, 0.29) is 69.5 Å². The Bertz CT molecular complexity index is 2570. The molecule has 416 valence electrons. The maximum Gasteiger partial charge on any atom is 0.268 e. The Morgan fingerprint density at radius 1 is 0.740 bits per heavy atom. The molecule has 14 N–H and O–H groups in total. The Balaban J connectivity index is 1.10. The van der Waals surface area contributed by atoms with Gasteiger partial charge in [-0.3, -0.25) is 33.6 Å². The monoisotopic (exact) mass is 1070 g/mol. The number of aliphatic hydroxyl groups excluding tert-OH is 2. The number of carbonyl (C=O) groups is 7. The second kappa shape index (κ2) is 26.5. The van der Waals surface area contributed by atoms with E-state index >= 15 is 0 Å². The van der Waals surface area contributed by atoms with Gasteiger partial charge in [-0.25, -0.2) is 4.99 Å². The SMILES string of the molecule is CCCCCc1ccc(N2CCN(c3ccc(C(=O)N[C@H]4CCCNC(=O)[C@@H]5C[C@H](N)CN5C(=O)[C@@H](N=C(N)N)NC(=O)[C@H](CCc5ccc(O)cc5)NC(=O)[C@@H]5C[C@@H](O)CN5C(=O)[C@H]([C@@H](C)O)NC4=O)cc3)CC2)cc1. The van der Waals surface area contributed by atoms with Crippen LogP contribution in [0.4, 0.5) is 11.4 Å². The van der Waals surface area contributed by atoms with Gasteiger partial charge in [0.15, 0.2) is 5.96 Å². The Labute approximate surface area is 448 Å². The van der Waals surface area contributed by atoms with Crippen molar-refractivity contribution in [2.75, 3.05) is 55.6 Å². The van der Waals surface area contributed by atoms with E-state index in [1.165, 1.54) is 49.6 Å². The molecule has 23 heteroatoms. The summed E-state index contributed by atoms with van der Waals surface area (Å²) in [5, 5.41) is 45.1. The van der Waals surface area contributed by atoms with Gasteiger partial charge in [0.05, 0.1) is 12.2 Å². The molecule has 0 aliphatic carbocycles. The number of nitrogens with two attached hydrogens (primary N) is 3. The average molecular weight is 1070 g/mol. The molecular formula is C54H75N13O10. The molecule has 3 aromatic carbocycles. The lowest BCUT2D eigenvalue weighted by molar-refractivity contribution is -0.144. The molecule has 7 rings (SSSR count). The van der Waals surface area contributed by atoms with Gasteiger partial charge in [-0.05, 0) is 112 Å². The zero-order valence-electron chi connectivity index (χ0n) is 43.8. The van der Waals surface area contributed by atoms with E-state index in [1.807, 2.05) is 12.1 Å². The first-order valence-electron chi connectivity index (χ1n) is 26.7. The topological polar surface area (TPSA) is 344 Å². The van der Waals surface area contributed by atoms with Crippen LogP contribution in [-0.4, -0.2) is 173 Å². The number of amides is 7. The van der Waals surface area contributed by atoms with E-state index in [9.17, 15) is 48.9 Å². The van der Waals surface area contributed by atoms with Crippen LogP contribution in [0, 0.1) is 0 Å². The van der Waals surface area contributed by atoms with E-state index in [0.717, 1.165) is 48.1 Å². The lowest BCUT2D eigenvalue weighted by atomic mass is 10.0. The molecule has 7 amide bonds. The average Bonchev–Trinajstić information content (AvgIpc) is 4.03. The van der Waals surface area contributed by atoms with Crippen molar-refractivity contribution >= 4 is 58.7 Å². The van der Waals surface area contributed by atoms with Gasteiger partial charge in [-0.15, -0.1) is 0 Å². The Hall–Kier alpha value is -7.50. The number of aromatic hydroxyl groups is 1. The van der Waals surface area contributed by atoms with Crippen LogP contribution in [0.5, 0.6) is 5.75 Å². The van der Waals surface area contributed by atoms with Crippen molar-refractivity contribution in [1.29, 1.82) is 0 Å². The molecule has 4 saturated heterocycles. The summed E-state index contributed by atoms with van der Waals surface area (Å²) in [5.74, 6) is -6.26. The van der Waals surface area contributed by atoms with Crippen LogP contribution in [0.15, 0.2) is 77.8 Å². The van der Waals surface area contributed by atoms with Gasteiger partial charge in [0.25, 0.3) is 11.8 Å². The maximum absolute atomic E-state index is 14.4. The van der Waals surface area contributed by atoms with Crippen molar-refractivity contribution in [1.82, 2.24) is 36.4 Å². The highest BCUT2D eigenvalue weighted by atomic mass is 16.3. The molecule has 4 heterocycles. The van der Waals surface area contributed by atoms with E-state index in [2.05, 4.69) is 72.6 Å². The summed E-state index contributed by atoms with van der Waals surface area (Å²) in [6.07, 6.45) is -0.0536. The number of rotatable bonds is 13. The maximum atomic E-state index is 14.4. The number of aliphatic hydroxyl groups is 2. The number of piperazine rings is 1. The molecule has 0 unspecified atom stereocenters. The van der Waals surface area contributed by atoms with Gasteiger partial charge in [0.1, 0.15) is 36.0 Å². The minimum absolute atomic E-state index is 0.00166. The fourth-order valence-electron chi connectivity index (χ4n) is 10.3. The number of aliphatic imine (C=N–C) groups is 1. The molecule has 0 aromatic heterocycles. The Morgan fingerprint density at radius 2 is 1.34 bits per heavy atom. The molecule has 77 heavy (non-hydrogen) atoms. The van der Waals surface area contributed by atoms with E-state index in [1.54, 1.807) is 24.3 Å². The van der Waals surface area contributed by atoms with Crippen molar-refractivity contribution in [3.05, 3.63) is 89.5 Å². The number of aryl methyl sites for hydroxylation is 2. The predicted octanol–water partition coefficient (Wildman–Crippen LogP) is -0.951. The number of carbonyl (C=O) groups excluding carboxylic acids is 7. The van der Waals surface area contributed by atoms with E-state index in [0.29, 0.717) is 5.56 Å². The minimum atomic E-state index is -1.78. The largest absolute Gasteiger partial charge is 0.508 e. The molecule has 4 aliphatic rings. The van der Waals surface area contributed by atoms with Crippen molar-refractivity contribution in [2.45, 2.75) is 133 Å². The van der Waals surface area contributed by atoms with Gasteiger partial charge in [-0.2, -0.15) is 0 Å². The molecule has 9 atom stereocenters. The number of hydrogen-bond donors (Lipinski definition) is 11. The van der Waals surface area contributed by atoms with Gasteiger partial charge in [-0.1, -0.05) is 44.0 Å². The smallest absolute Gasteiger partial charge is 0.268 e. The molecule has 0 spiro atoms. The molecule has 4 aliphatic heterocycles. The van der Waals surface area contributed by atoms with Crippen molar-refractivity contribution < 1.29 is 48.9 Å². The van der Waals surface area contributed by atoms with Crippen LogP contribution in [-0.2, 0) is 41.6 Å². The van der Waals surface area contributed by atoms with E-state index in [4.69, 9.17) is 17.2 Å². The third-order valence-electron chi connectivity index (χ3n) is 14.6. The number of anilines is 2. The molecule has 23 nitrogen and oxygen atoms in total. The minimum Gasteiger partial charge on any atom is -0.508 e. The fraction of sp³-hybridized carbons (Fsp3) is 0.519. The van der Waals surface area contributed by atoms with Crippen LogP contribution in [0.2, 0.25) is 0 Å². The number of guanidine groups is 1. The summed E-state index contributed by atoms with van der Waals surface area (Å²) in [7, 11) is 0. The standard InChI is InChI=1S/C54H75N13O10/c1-3-4-5-7-33-9-16-37(17-10-33)64-24-26-65(27-25-64)38-18-14-35(15-19-38)47(71)59-41-8-6-23-58-50(74)43-28-36(55)30-66(43)53(77)46(63-54(56)57)62-49(73)42(22-13-34-11-20-39(69)21-12-34)60-51(75)44-29-40(70)31-67(44)52(76)45(32(2)68)61-48(41)72/h9-12,14-21,32,36,40-46,68-70H,3-8,13,22-31,55H2,1-2H3,(H,58,74)(H,59,71)(H,60,75)(H,61,72)(H,62,73)(H4,56,57,63)/t32-,36+,40-,41+,42+,43+,44+,45+,46-/m1/s1. The first-order valence-corrected chi connectivity index (χ1v) is 26.7. The van der Waals surface area contributed by atoms with Crippen LogP contribution in [0.1, 0.15) is 86.7 Å². The number of benzene rings is 3. The normalized spacial score (nSPS) is 25.6. The van der Waals surface area contributed by atoms with Crippen molar-refractivity contribution in [3.8, 4) is 5.75 Å². The first kappa shape index (κ1) is 57.2. The number of phenols is 1. The Morgan fingerprint density at radius 3 is 1.96 bits per heavy atom. The lowest BCUT2D eigenvalue weighted by Crippen LogP contribution is -2.61.